The van der Waals surface area contributed by atoms with Gasteiger partial charge in [-0.15, -0.1) is 11.3 Å². The van der Waals surface area contributed by atoms with E-state index in [-0.39, 0.29) is 5.75 Å². The Morgan fingerprint density at radius 1 is 1.50 bits per heavy atom. The van der Waals surface area contributed by atoms with E-state index in [1.165, 1.54) is 11.3 Å². The molecule has 0 bridgehead atoms. The summed E-state index contributed by atoms with van der Waals surface area (Å²) in [6, 6.07) is 0. The molecule has 0 aliphatic rings. The molecule has 12 heavy (non-hydrogen) atoms. The van der Waals surface area contributed by atoms with E-state index in [9.17, 15) is 8.42 Å². The molecule has 0 spiro atoms. The topological polar surface area (TPSA) is 47.0 Å². The molecule has 1 rings (SSSR count). The lowest BCUT2D eigenvalue weighted by Crippen LogP contribution is -1.93. The smallest absolute Gasteiger partial charge is 0.237 e. The van der Waals surface area contributed by atoms with Crippen LogP contribution < -0.4 is 0 Å². The normalized spacial score (nSPS) is 11.9. The molecule has 3 nitrogen and oxygen atoms in total. The van der Waals surface area contributed by atoms with Crippen molar-refractivity contribution in [1.82, 2.24) is 4.98 Å². The fraction of sp³-hybridized carbons (Fsp3) is 0.500. The molecular formula is C6H8ClNO2S2. The molecule has 0 aliphatic heterocycles. The monoisotopic (exact) mass is 225 g/mol. The molecule has 0 radical (unpaired) electrons. The Hall–Kier alpha value is -0.130. The van der Waals surface area contributed by atoms with Gasteiger partial charge >= 0.3 is 0 Å². The summed E-state index contributed by atoms with van der Waals surface area (Å²) in [5.74, 6) is -0.119. The number of thiazole rings is 1. The molecule has 0 aromatic carbocycles. The van der Waals surface area contributed by atoms with E-state index in [1.807, 2.05) is 6.92 Å². The minimum absolute atomic E-state index is 0.119. The Morgan fingerprint density at radius 2 is 2.08 bits per heavy atom. The second-order valence-corrected chi connectivity index (χ2v) is 6.49. The third-order valence-electron chi connectivity index (χ3n) is 1.30. The molecule has 1 aromatic heterocycles. The lowest BCUT2D eigenvalue weighted by molar-refractivity contribution is 0.609. The molecule has 0 saturated heterocycles. The highest BCUT2D eigenvalue weighted by atomic mass is 35.7. The molecular weight excluding hydrogens is 218 g/mol. The van der Waals surface area contributed by atoms with E-state index < -0.39 is 9.05 Å². The van der Waals surface area contributed by atoms with Crippen molar-refractivity contribution in [3.05, 3.63) is 15.6 Å². The van der Waals surface area contributed by atoms with Crippen LogP contribution >= 0.6 is 22.0 Å². The van der Waals surface area contributed by atoms with Crippen LogP contribution in [0.1, 0.15) is 15.6 Å². The highest BCUT2D eigenvalue weighted by Crippen LogP contribution is 2.20. The van der Waals surface area contributed by atoms with E-state index in [0.717, 1.165) is 15.6 Å². The second-order valence-electron chi connectivity index (χ2n) is 2.42. The first kappa shape index (κ1) is 9.95. The lowest BCUT2D eigenvalue weighted by atomic mass is 10.4. The van der Waals surface area contributed by atoms with Gasteiger partial charge in [0.25, 0.3) is 0 Å². The number of aryl methyl sites for hydroxylation is 2. The zero-order valence-corrected chi connectivity index (χ0v) is 9.05. The zero-order chi connectivity index (χ0) is 9.35. The summed E-state index contributed by atoms with van der Waals surface area (Å²) in [6.45, 7) is 3.61. The standard InChI is InChI=1S/C6H8ClNO2S2/c1-4-6(3-12(7,9)10)11-5(2)8-4/h3H2,1-2H3. The second kappa shape index (κ2) is 3.32. The summed E-state index contributed by atoms with van der Waals surface area (Å²) in [5, 5.41) is 0.864. The fourth-order valence-electron chi connectivity index (χ4n) is 0.864. The van der Waals surface area contributed by atoms with Crippen molar-refractivity contribution in [2.75, 3.05) is 0 Å². The van der Waals surface area contributed by atoms with Crippen LogP contribution in [0, 0.1) is 13.8 Å². The van der Waals surface area contributed by atoms with Crippen molar-refractivity contribution in [3.63, 3.8) is 0 Å². The third kappa shape index (κ3) is 2.73. The third-order valence-corrected chi connectivity index (χ3v) is 3.52. The van der Waals surface area contributed by atoms with E-state index in [1.54, 1.807) is 6.92 Å². The molecule has 0 unspecified atom stereocenters. The lowest BCUT2D eigenvalue weighted by Gasteiger charge is -1.91. The molecule has 0 N–H and O–H groups in total. The Labute approximate surface area is 79.8 Å². The highest BCUT2D eigenvalue weighted by Gasteiger charge is 2.12. The predicted molar refractivity (Wildman–Crippen MR) is 50.1 cm³/mol. The average Bonchev–Trinajstić information content (AvgIpc) is 2.06. The fourth-order valence-corrected chi connectivity index (χ4v) is 3.34. The van der Waals surface area contributed by atoms with Gasteiger partial charge in [-0.3, -0.25) is 0 Å². The van der Waals surface area contributed by atoms with Gasteiger partial charge in [0.05, 0.1) is 10.7 Å². The molecule has 0 saturated carbocycles. The molecule has 0 amide bonds. The van der Waals surface area contributed by atoms with Crippen molar-refractivity contribution in [3.8, 4) is 0 Å². The summed E-state index contributed by atoms with van der Waals surface area (Å²) < 4.78 is 21.4. The highest BCUT2D eigenvalue weighted by molar-refractivity contribution is 8.13. The molecule has 0 fully saturated rings. The van der Waals surface area contributed by atoms with Crippen LogP contribution in [0.2, 0.25) is 0 Å². The Kier molecular flexibility index (Phi) is 2.75. The van der Waals surface area contributed by atoms with Gasteiger partial charge in [0.2, 0.25) is 9.05 Å². The number of hydrogen-bond donors (Lipinski definition) is 0. The zero-order valence-electron chi connectivity index (χ0n) is 6.67. The summed E-state index contributed by atoms with van der Waals surface area (Å²) in [4.78, 5) is 4.82. The van der Waals surface area contributed by atoms with Crippen LogP contribution in [-0.2, 0) is 14.8 Å². The SMILES string of the molecule is Cc1nc(C)c(CS(=O)(=O)Cl)s1. The van der Waals surface area contributed by atoms with Crippen molar-refractivity contribution in [1.29, 1.82) is 0 Å². The van der Waals surface area contributed by atoms with Gasteiger partial charge < -0.3 is 0 Å². The van der Waals surface area contributed by atoms with Crippen molar-refractivity contribution in [2.24, 2.45) is 0 Å². The quantitative estimate of drug-likeness (QED) is 0.722. The minimum atomic E-state index is -3.44. The van der Waals surface area contributed by atoms with Crippen LogP contribution in [0.3, 0.4) is 0 Å². The molecule has 6 heteroatoms. The number of rotatable bonds is 2. The molecule has 0 atom stereocenters. The first-order valence-corrected chi connectivity index (χ1v) is 6.53. The number of aromatic nitrogens is 1. The summed E-state index contributed by atoms with van der Waals surface area (Å²) >= 11 is 1.37. The first-order valence-electron chi connectivity index (χ1n) is 3.24. The largest absolute Gasteiger partial charge is 0.247 e. The molecule has 1 aromatic rings. The average molecular weight is 226 g/mol. The van der Waals surface area contributed by atoms with Crippen molar-refractivity contribution in [2.45, 2.75) is 19.6 Å². The maximum Gasteiger partial charge on any atom is 0.237 e. The van der Waals surface area contributed by atoms with Crippen molar-refractivity contribution < 1.29 is 8.42 Å². The number of nitrogens with zero attached hydrogens (tertiary/aromatic N) is 1. The van der Waals surface area contributed by atoms with E-state index in [4.69, 9.17) is 10.7 Å². The van der Waals surface area contributed by atoms with Gasteiger partial charge in [0, 0.05) is 15.6 Å². The van der Waals surface area contributed by atoms with Crippen molar-refractivity contribution >= 4 is 31.1 Å². The van der Waals surface area contributed by atoms with Gasteiger partial charge in [-0.25, -0.2) is 13.4 Å². The number of halogens is 1. The maximum atomic E-state index is 10.7. The Balaban J connectivity index is 2.97. The summed E-state index contributed by atoms with van der Waals surface area (Å²) in [5.41, 5.74) is 0.752. The molecule has 0 aliphatic carbocycles. The molecule has 1 heterocycles. The Morgan fingerprint density at radius 3 is 2.42 bits per heavy atom. The first-order chi connectivity index (χ1) is 5.38. The predicted octanol–water partition coefficient (Wildman–Crippen LogP) is 1.83. The van der Waals surface area contributed by atoms with Crippen LogP contribution in [-0.4, -0.2) is 13.4 Å². The van der Waals surface area contributed by atoms with Crippen LogP contribution in [0.15, 0.2) is 0 Å². The maximum absolute atomic E-state index is 10.7. The van der Waals surface area contributed by atoms with Gasteiger partial charge in [0.15, 0.2) is 0 Å². The van der Waals surface area contributed by atoms with Crippen LogP contribution in [0.4, 0.5) is 0 Å². The van der Waals surface area contributed by atoms with Gasteiger partial charge in [0.1, 0.15) is 5.75 Å². The van der Waals surface area contributed by atoms with Gasteiger partial charge in [-0.05, 0) is 13.8 Å². The van der Waals surface area contributed by atoms with Crippen LogP contribution in [0.25, 0.3) is 0 Å². The molecule has 68 valence electrons. The summed E-state index contributed by atoms with van der Waals surface area (Å²) in [7, 11) is 1.66. The van der Waals surface area contributed by atoms with Gasteiger partial charge in [-0.1, -0.05) is 0 Å². The van der Waals surface area contributed by atoms with E-state index in [0.29, 0.717) is 0 Å². The minimum Gasteiger partial charge on any atom is -0.247 e. The summed E-state index contributed by atoms with van der Waals surface area (Å²) in [6.07, 6.45) is 0. The Bertz CT molecular complexity index is 382. The van der Waals surface area contributed by atoms with E-state index >= 15 is 0 Å². The van der Waals surface area contributed by atoms with Gasteiger partial charge in [-0.2, -0.15) is 0 Å². The van der Waals surface area contributed by atoms with Crippen LogP contribution in [0.5, 0.6) is 0 Å². The number of hydrogen-bond acceptors (Lipinski definition) is 4. The van der Waals surface area contributed by atoms with E-state index in [2.05, 4.69) is 4.98 Å².